The van der Waals surface area contributed by atoms with Gasteiger partial charge in [-0.2, -0.15) is 5.10 Å². The Morgan fingerprint density at radius 1 is 1.42 bits per heavy atom. The van der Waals surface area contributed by atoms with E-state index in [-0.39, 0.29) is 17.6 Å². The minimum atomic E-state index is -0.350. The molecule has 5 nitrogen and oxygen atoms in total. The summed E-state index contributed by atoms with van der Waals surface area (Å²) in [4.78, 5) is 14.8. The molecule has 1 amide bonds. The van der Waals surface area contributed by atoms with E-state index in [1.165, 1.54) is 0 Å². The Morgan fingerprint density at radius 3 is 2.83 bits per heavy atom. The summed E-state index contributed by atoms with van der Waals surface area (Å²) in [7, 11) is 1.85. The molecule has 0 aliphatic carbocycles. The van der Waals surface area contributed by atoms with Crippen LogP contribution in [-0.2, 0) is 23.0 Å². The molecule has 0 N–H and O–H groups in total. The van der Waals surface area contributed by atoms with Gasteiger partial charge in [0.2, 0.25) is 5.91 Å². The number of ether oxygens (including phenoxy) is 1. The van der Waals surface area contributed by atoms with Gasteiger partial charge in [-0.25, -0.2) is 0 Å². The molecule has 1 aliphatic rings. The lowest BCUT2D eigenvalue weighted by molar-refractivity contribution is -0.154. The van der Waals surface area contributed by atoms with Crippen molar-refractivity contribution in [3.8, 4) is 0 Å². The molecule has 0 radical (unpaired) electrons. The van der Waals surface area contributed by atoms with Gasteiger partial charge in [0.25, 0.3) is 0 Å². The van der Waals surface area contributed by atoms with Crippen molar-refractivity contribution in [2.24, 2.45) is 7.05 Å². The van der Waals surface area contributed by atoms with Gasteiger partial charge in [0, 0.05) is 23.8 Å². The highest BCUT2D eigenvalue weighted by Gasteiger charge is 2.38. The van der Waals surface area contributed by atoms with Crippen LogP contribution < -0.4 is 0 Å². The van der Waals surface area contributed by atoms with Crippen molar-refractivity contribution in [1.82, 2.24) is 14.7 Å². The Morgan fingerprint density at radius 2 is 2.17 bits per heavy atom. The maximum absolute atomic E-state index is 12.9. The van der Waals surface area contributed by atoms with E-state index in [9.17, 15) is 4.79 Å². The molecule has 128 valence electrons. The summed E-state index contributed by atoms with van der Waals surface area (Å²) < 4.78 is 7.71. The molecule has 1 aromatic heterocycles. The smallest absolute Gasteiger partial charge is 0.227 e. The minimum Gasteiger partial charge on any atom is -0.369 e. The fourth-order valence-corrected chi connectivity index (χ4v) is 3.30. The van der Waals surface area contributed by atoms with E-state index in [0.717, 1.165) is 11.1 Å². The summed E-state index contributed by atoms with van der Waals surface area (Å²) in [6, 6.07) is 7.63. The van der Waals surface area contributed by atoms with Crippen LogP contribution in [-0.4, -0.2) is 39.3 Å². The second kappa shape index (κ2) is 6.57. The summed E-state index contributed by atoms with van der Waals surface area (Å²) in [5.41, 5.74) is 1.49. The molecular formula is C18H22ClN3O2. The molecule has 1 aromatic carbocycles. The van der Waals surface area contributed by atoms with E-state index in [1.54, 1.807) is 10.9 Å². The number of morpholine rings is 1. The van der Waals surface area contributed by atoms with Crippen LogP contribution in [0, 0.1) is 0 Å². The number of hydrogen-bond donors (Lipinski definition) is 0. The van der Waals surface area contributed by atoms with E-state index >= 15 is 0 Å². The first-order valence-corrected chi connectivity index (χ1v) is 8.38. The molecular weight excluding hydrogens is 326 g/mol. The molecule has 1 atom stereocenters. The number of halogens is 1. The van der Waals surface area contributed by atoms with Crippen LogP contribution in [0.15, 0.2) is 36.7 Å². The van der Waals surface area contributed by atoms with Crippen molar-refractivity contribution in [1.29, 1.82) is 0 Å². The van der Waals surface area contributed by atoms with Crippen LogP contribution in [0.4, 0.5) is 0 Å². The summed E-state index contributed by atoms with van der Waals surface area (Å²) in [6.07, 6.45) is 3.74. The summed E-state index contributed by atoms with van der Waals surface area (Å²) in [5, 5.41) is 4.80. The maximum atomic E-state index is 12.9. The van der Waals surface area contributed by atoms with Gasteiger partial charge in [-0.3, -0.25) is 9.48 Å². The van der Waals surface area contributed by atoms with Gasteiger partial charge in [-0.05, 0) is 25.5 Å². The topological polar surface area (TPSA) is 47.4 Å². The number of benzene rings is 1. The average Bonchev–Trinajstić information content (AvgIpc) is 2.93. The SMILES string of the molecule is Cn1cc(CC(=O)N2CC(c3ccccc3Cl)OCC2(C)C)cn1. The number of aromatic nitrogens is 2. The van der Waals surface area contributed by atoms with Crippen LogP contribution in [0.2, 0.25) is 5.02 Å². The van der Waals surface area contributed by atoms with E-state index in [1.807, 2.05) is 56.3 Å². The summed E-state index contributed by atoms with van der Waals surface area (Å²) in [5.74, 6) is 0.0772. The normalized spacial score (nSPS) is 20.2. The van der Waals surface area contributed by atoms with Gasteiger partial charge in [0.1, 0.15) is 6.10 Å². The third kappa shape index (κ3) is 3.47. The zero-order chi connectivity index (χ0) is 17.3. The van der Waals surface area contributed by atoms with E-state index in [0.29, 0.717) is 24.6 Å². The minimum absolute atomic E-state index is 0.0772. The van der Waals surface area contributed by atoms with Gasteiger partial charge in [-0.15, -0.1) is 0 Å². The molecule has 2 heterocycles. The Kier molecular flexibility index (Phi) is 4.65. The molecule has 2 aromatic rings. The van der Waals surface area contributed by atoms with Crippen LogP contribution in [0.3, 0.4) is 0 Å². The predicted octanol–water partition coefficient (Wildman–Crippen LogP) is 2.99. The van der Waals surface area contributed by atoms with Crippen molar-refractivity contribution < 1.29 is 9.53 Å². The van der Waals surface area contributed by atoms with Crippen LogP contribution in [0.1, 0.15) is 31.1 Å². The Bertz CT molecular complexity index is 741. The van der Waals surface area contributed by atoms with Crippen molar-refractivity contribution in [3.63, 3.8) is 0 Å². The maximum Gasteiger partial charge on any atom is 0.227 e. The number of rotatable bonds is 3. The van der Waals surface area contributed by atoms with Crippen LogP contribution in [0.25, 0.3) is 0 Å². The average molecular weight is 348 g/mol. The zero-order valence-electron chi connectivity index (χ0n) is 14.2. The van der Waals surface area contributed by atoms with Crippen molar-refractivity contribution in [2.45, 2.75) is 31.9 Å². The molecule has 3 rings (SSSR count). The van der Waals surface area contributed by atoms with Gasteiger partial charge in [-0.1, -0.05) is 29.8 Å². The second-order valence-electron chi connectivity index (χ2n) is 6.84. The number of carbonyl (C=O) groups excluding carboxylic acids is 1. The largest absolute Gasteiger partial charge is 0.369 e. The van der Waals surface area contributed by atoms with Gasteiger partial charge in [0.05, 0.1) is 31.3 Å². The summed E-state index contributed by atoms with van der Waals surface area (Å²) >= 11 is 6.29. The zero-order valence-corrected chi connectivity index (χ0v) is 15.0. The lowest BCUT2D eigenvalue weighted by Gasteiger charge is -2.45. The number of nitrogens with zero attached hydrogens (tertiary/aromatic N) is 3. The van der Waals surface area contributed by atoms with Gasteiger partial charge in [0.15, 0.2) is 0 Å². The molecule has 0 saturated carbocycles. The number of hydrogen-bond acceptors (Lipinski definition) is 3. The first kappa shape index (κ1) is 17.0. The predicted molar refractivity (Wildman–Crippen MR) is 92.8 cm³/mol. The van der Waals surface area contributed by atoms with Crippen molar-refractivity contribution in [2.75, 3.05) is 13.2 Å². The van der Waals surface area contributed by atoms with E-state index in [4.69, 9.17) is 16.3 Å². The number of aryl methyl sites for hydroxylation is 1. The molecule has 0 spiro atoms. The fraction of sp³-hybridized carbons (Fsp3) is 0.444. The Labute approximate surface area is 147 Å². The van der Waals surface area contributed by atoms with E-state index in [2.05, 4.69) is 5.10 Å². The number of carbonyl (C=O) groups is 1. The molecule has 24 heavy (non-hydrogen) atoms. The molecule has 1 saturated heterocycles. The monoisotopic (exact) mass is 347 g/mol. The first-order valence-electron chi connectivity index (χ1n) is 8.01. The van der Waals surface area contributed by atoms with Crippen molar-refractivity contribution in [3.05, 3.63) is 52.8 Å². The highest BCUT2D eigenvalue weighted by Crippen LogP contribution is 2.33. The lowest BCUT2D eigenvalue weighted by Crippen LogP contribution is -2.56. The molecule has 1 unspecified atom stereocenters. The Hall–Kier alpha value is -1.85. The fourth-order valence-electron chi connectivity index (χ4n) is 3.05. The molecule has 1 fully saturated rings. The summed E-state index contributed by atoms with van der Waals surface area (Å²) in [6.45, 7) is 5.02. The second-order valence-corrected chi connectivity index (χ2v) is 7.24. The van der Waals surface area contributed by atoms with E-state index < -0.39 is 0 Å². The third-order valence-corrected chi connectivity index (χ3v) is 4.73. The van der Waals surface area contributed by atoms with Crippen LogP contribution >= 0.6 is 11.6 Å². The molecule has 6 heteroatoms. The van der Waals surface area contributed by atoms with Crippen molar-refractivity contribution >= 4 is 17.5 Å². The van der Waals surface area contributed by atoms with Gasteiger partial charge < -0.3 is 9.64 Å². The third-order valence-electron chi connectivity index (χ3n) is 4.38. The standard InChI is InChI=1S/C18H22ClN3O2/c1-18(2)12-24-16(14-6-4-5-7-15(14)19)11-22(18)17(23)8-13-9-20-21(3)10-13/h4-7,9-10,16H,8,11-12H2,1-3H3. The lowest BCUT2D eigenvalue weighted by atomic mass is 9.97. The number of amides is 1. The van der Waals surface area contributed by atoms with Gasteiger partial charge >= 0.3 is 0 Å². The van der Waals surface area contributed by atoms with Crippen LogP contribution in [0.5, 0.6) is 0 Å². The first-order chi connectivity index (χ1) is 11.4. The highest BCUT2D eigenvalue weighted by molar-refractivity contribution is 6.31. The molecule has 1 aliphatic heterocycles. The Balaban J connectivity index is 1.79. The highest BCUT2D eigenvalue weighted by atomic mass is 35.5. The molecule has 0 bridgehead atoms. The quantitative estimate of drug-likeness (QED) is 0.857.